The Morgan fingerprint density at radius 3 is 1.16 bits per heavy atom. The molecule has 0 heterocycles. The van der Waals surface area contributed by atoms with Crippen molar-refractivity contribution in [1.82, 2.24) is 0 Å². The van der Waals surface area contributed by atoms with Gasteiger partial charge in [-0.1, -0.05) is 27.7 Å². The normalized spacial score (nSPS) is 54.9. The lowest BCUT2D eigenvalue weighted by Gasteiger charge is -2.64. The molecule has 8 fully saturated rings. The largest absolute Gasteiger partial charge is 0.456 e. The fourth-order valence-electron chi connectivity index (χ4n) is 11.5. The predicted molar refractivity (Wildman–Crippen MR) is 122 cm³/mol. The van der Waals surface area contributed by atoms with Crippen LogP contribution in [-0.4, -0.2) is 23.1 Å². The van der Waals surface area contributed by atoms with Crippen molar-refractivity contribution in [3.05, 3.63) is 12.2 Å². The summed E-state index contributed by atoms with van der Waals surface area (Å²) in [5, 5.41) is 0. The topological polar surface area (TPSA) is 52.6 Å². The smallest absolute Gasteiger partial charge is 0.331 e. The third-order valence-corrected chi connectivity index (χ3v) is 10.1. The zero-order valence-corrected chi connectivity index (χ0v) is 20.4. The lowest BCUT2D eigenvalue weighted by Crippen LogP contribution is -2.60. The predicted octanol–water partition coefficient (Wildman–Crippen LogP) is 6.13. The van der Waals surface area contributed by atoms with Gasteiger partial charge in [0.25, 0.3) is 0 Å². The second kappa shape index (κ2) is 6.21. The zero-order chi connectivity index (χ0) is 22.6. The second-order valence-corrected chi connectivity index (χ2v) is 14.8. The molecule has 0 aliphatic heterocycles. The van der Waals surface area contributed by atoms with Crippen molar-refractivity contribution in [2.75, 3.05) is 0 Å². The van der Waals surface area contributed by atoms with E-state index in [4.69, 9.17) is 9.47 Å². The molecule has 0 radical (unpaired) electrons. The van der Waals surface area contributed by atoms with Crippen LogP contribution in [0, 0.1) is 33.5 Å². The number of carbonyl (C=O) groups is 2. The number of esters is 2. The molecule has 0 aromatic rings. The van der Waals surface area contributed by atoms with Gasteiger partial charge in [0, 0.05) is 12.2 Å². The lowest BCUT2D eigenvalue weighted by molar-refractivity contribution is -0.214. The molecule has 0 spiro atoms. The molecule has 8 saturated carbocycles. The minimum absolute atomic E-state index is 0.293. The summed E-state index contributed by atoms with van der Waals surface area (Å²) in [6.07, 6.45) is 16.1. The second-order valence-electron chi connectivity index (χ2n) is 14.8. The maximum Gasteiger partial charge on any atom is 0.331 e. The van der Waals surface area contributed by atoms with Gasteiger partial charge in [0.15, 0.2) is 0 Å². The van der Waals surface area contributed by atoms with Crippen molar-refractivity contribution in [3.63, 3.8) is 0 Å². The first-order valence-electron chi connectivity index (χ1n) is 12.9. The van der Waals surface area contributed by atoms with Gasteiger partial charge in [0.1, 0.15) is 11.2 Å². The maximum absolute atomic E-state index is 12.8. The minimum Gasteiger partial charge on any atom is -0.456 e. The number of rotatable bonds is 4. The third kappa shape index (κ3) is 3.46. The van der Waals surface area contributed by atoms with E-state index in [9.17, 15) is 9.59 Å². The first kappa shape index (κ1) is 21.2. The van der Waals surface area contributed by atoms with Gasteiger partial charge in [-0.3, -0.25) is 0 Å². The van der Waals surface area contributed by atoms with E-state index in [-0.39, 0.29) is 23.1 Å². The van der Waals surface area contributed by atoms with Crippen LogP contribution in [0.25, 0.3) is 0 Å². The van der Waals surface area contributed by atoms with Gasteiger partial charge < -0.3 is 9.47 Å². The molecule has 4 nitrogen and oxygen atoms in total. The third-order valence-electron chi connectivity index (χ3n) is 10.1. The van der Waals surface area contributed by atoms with E-state index >= 15 is 0 Å². The van der Waals surface area contributed by atoms with E-state index in [1.54, 1.807) is 0 Å². The van der Waals surface area contributed by atoms with Crippen molar-refractivity contribution in [2.45, 2.75) is 116 Å². The SMILES string of the molecule is C[C@]12CC3CC(OC(=O)/C=C/C(=O)OC45CC6C[C@@](C)(C4)C[C@](C)(C6)C5)(C1)C[C@@](C)(C3)C2. The standard InChI is InChI=1S/C28H40O4/c1-23-7-19-8-24(2,13-23)16-27(11-19,15-23)31-21(29)5-6-22(30)32-28-12-20-9-25(3,17-28)14-26(4,10-20)18-28/h5-6,19-20H,7-18H2,1-4H3/b6-5+/t19?,20?,23-,24+,25-,26+,27?,28?. The molecule has 4 heteroatoms. The van der Waals surface area contributed by atoms with Gasteiger partial charge in [-0.15, -0.1) is 0 Å². The van der Waals surface area contributed by atoms with Crippen LogP contribution in [0.2, 0.25) is 0 Å². The van der Waals surface area contributed by atoms with Gasteiger partial charge in [-0.2, -0.15) is 0 Å². The molecule has 8 aliphatic carbocycles. The Balaban J connectivity index is 1.12. The summed E-state index contributed by atoms with van der Waals surface area (Å²) in [4.78, 5) is 25.6. The quantitative estimate of drug-likeness (QED) is 0.390. The summed E-state index contributed by atoms with van der Waals surface area (Å²) in [5.74, 6) is 0.588. The molecular weight excluding hydrogens is 400 g/mol. The van der Waals surface area contributed by atoms with Crippen LogP contribution in [0.5, 0.6) is 0 Å². The summed E-state index contributed by atoms with van der Waals surface area (Å²) in [5.41, 5.74) is 0.502. The Morgan fingerprint density at radius 1 is 0.562 bits per heavy atom. The van der Waals surface area contributed by atoms with Crippen molar-refractivity contribution < 1.29 is 19.1 Å². The molecule has 0 N–H and O–H groups in total. The van der Waals surface area contributed by atoms with Gasteiger partial charge >= 0.3 is 11.9 Å². The number of carbonyl (C=O) groups excluding carboxylic acids is 2. The summed E-state index contributed by atoms with van der Waals surface area (Å²) in [7, 11) is 0. The van der Waals surface area contributed by atoms with Crippen LogP contribution < -0.4 is 0 Å². The monoisotopic (exact) mass is 440 g/mol. The molecule has 8 atom stereocenters. The van der Waals surface area contributed by atoms with Crippen molar-refractivity contribution in [1.29, 1.82) is 0 Å². The number of hydrogen-bond acceptors (Lipinski definition) is 4. The number of hydrogen-bond donors (Lipinski definition) is 0. The lowest BCUT2D eigenvalue weighted by atomic mass is 9.43. The Hall–Kier alpha value is -1.32. The van der Waals surface area contributed by atoms with E-state index in [1.165, 1.54) is 50.7 Å². The van der Waals surface area contributed by atoms with Crippen LogP contribution in [0.3, 0.4) is 0 Å². The Kier molecular flexibility index (Phi) is 4.12. The molecule has 8 rings (SSSR count). The molecule has 0 amide bonds. The minimum atomic E-state index is -0.375. The van der Waals surface area contributed by atoms with Gasteiger partial charge in [-0.05, 0) is 111 Å². The summed E-state index contributed by atoms with van der Waals surface area (Å²) in [6.45, 7) is 9.49. The highest BCUT2D eigenvalue weighted by Crippen LogP contribution is 2.68. The van der Waals surface area contributed by atoms with Crippen molar-refractivity contribution >= 4 is 11.9 Å². The Labute approximate surface area is 192 Å². The van der Waals surface area contributed by atoms with Crippen molar-refractivity contribution in [2.24, 2.45) is 33.5 Å². The number of ether oxygens (including phenoxy) is 2. The van der Waals surface area contributed by atoms with E-state index in [2.05, 4.69) is 27.7 Å². The van der Waals surface area contributed by atoms with Gasteiger partial charge in [0.05, 0.1) is 0 Å². The summed E-state index contributed by atoms with van der Waals surface area (Å²) < 4.78 is 12.2. The highest BCUT2D eigenvalue weighted by Gasteiger charge is 2.63. The van der Waals surface area contributed by atoms with E-state index in [0.717, 1.165) is 38.5 Å². The molecule has 0 aromatic carbocycles. The highest BCUT2D eigenvalue weighted by atomic mass is 16.6. The van der Waals surface area contributed by atoms with Crippen LogP contribution in [0.1, 0.15) is 105 Å². The summed E-state index contributed by atoms with van der Waals surface area (Å²) in [6, 6.07) is 0. The molecule has 32 heavy (non-hydrogen) atoms. The molecule has 0 aromatic heterocycles. The fraction of sp³-hybridized carbons (Fsp3) is 0.857. The van der Waals surface area contributed by atoms with Crippen LogP contribution in [0.15, 0.2) is 12.2 Å². The van der Waals surface area contributed by atoms with Gasteiger partial charge in [-0.25, -0.2) is 9.59 Å². The molecular formula is C28H40O4. The van der Waals surface area contributed by atoms with Crippen LogP contribution in [-0.2, 0) is 19.1 Å². The summed E-state index contributed by atoms with van der Waals surface area (Å²) >= 11 is 0. The fourth-order valence-corrected chi connectivity index (χ4v) is 11.5. The first-order chi connectivity index (χ1) is 14.8. The first-order valence-corrected chi connectivity index (χ1v) is 12.9. The van der Waals surface area contributed by atoms with Crippen LogP contribution in [0.4, 0.5) is 0 Å². The van der Waals surface area contributed by atoms with E-state index in [1.807, 2.05) is 0 Å². The molecule has 8 aliphatic rings. The Bertz CT molecular complexity index is 793. The van der Waals surface area contributed by atoms with Gasteiger partial charge in [0.2, 0.25) is 0 Å². The Morgan fingerprint density at radius 2 is 0.875 bits per heavy atom. The highest BCUT2D eigenvalue weighted by molar-refractivity contribution is 5.92. The maximum atomic E-state index is 12.8. The average Bonchev–Trinajstić information content (AvgIpc) is 2.52. The average molecular weight is 441 g/mol. The van der Waals surface area contributed by atoms with Crippen molar-refractivity contribution in [3.8, 4) is 0 Å². The van der Waals surface area contributed by atoms with E-state index < -0.39 is 0 Å². The molecule has 8 bridgehead atoms. The molecule has 0 saturated heterocycles. The van der Waals surface area contributed by atoms with E-state index in [0.29, 0.717) is 33.5 Å². The molecule has 4 unspecified atom stereocenters. The molecule has 176 valence electrons. The van der Waals surface area contributed by atoms with Crippen LogP contribution >= 0.6 is 0 Å². The zero-order valence-electron chi connectivity index (χ0n) is 20.4.